The van der Waals surface area contributed by atoms with Crippen LogP contribution in [0, 0.1) is 19.7 Å². The highest BCUT2D eigenvalue weighted by Gasteiger charge is 2.18. The first kappa shape index (κ1) is 20.7. The van der Waals surface area contributed by atoms with Gasteiger partial charge in [0.25, 0.3) is 11.7 Å². The second kappa shape index (κ2) is 8.06. The van der Waals surface area contributed by atoms with Crippen LogP contribution >= 0.6 is 11.6 Å². The van der Waals surface area contributed by atoms with Crippen LogP contribution in [0.1, 0.15) is 22.1 Å². The summed E-state index contributed by atoms with van der Waals surface area (Å²) < 4.78 is 21.4. The summed E-state index contributed by atoms with van der Waals surface area (Å²) in [5, 5.41) is 7.49. The lowest BCUT2D eigenvalue weighted by Gasteiger charge is -2.06. The third-order valence-corrected chi connectivity index (χ3v) is 5.11. The molecule has 9 nitrogen and oxygen atoms in total. The molecule has 11 heteroatoms. The van der Waals surface area contributed by atoms with Crippen molar-refractivity contribution in [3.8, 4) is 22.6 Å². The summed E-state index contributed by atoms with van der Waals surface area (Å²) >= 11 is 6.22. The number of halogens is 2. The lowest BCUT2D eigenvalue weighted by atomic mass is 10.1. The summed E-state index contributed by atoms with van der Waals surface area (Å²) in [4.78, 5) is 29.4. The number of aromatic nitrogens is 6. The van der Waals surface area contributed by atoms with Gasteiger partial charge in [0.2, 0.25) is 5.76 Å². The topological polar surface area (TPSA) is 111 Å². The Balaban J connectivity index is 1.48. The van der Waals surface area contributed by atoms with E-state index in [9.17, 15) is 9.18 Å². The molecule has 0 spiro atoms. The second-order valence-electron chi connectivity index (χ2n) is 7.15. The Kier molecular flexibility index (Phi) is 5.06. The number of hydrogen-bond donors (Lipinski definition) is 1. The molecule has 0 saturated carbocycles. The highest BCUT2D eigenvalue weighted by atomic mass is 35.5. The number of aryl methyl sites for hydroxylation is 2. The highest BCUT2D eigenvalue weighted by Crippen LogP contribution is 2.27. The van der Waals surface area contributed by atoms with Crippen molar-refractivity contribution >= 4 is 29.0 Å². The zero-order valence-corrected chi connectivity index (χ0v) is 18.1. The van der Waals surface area contributed by atoms with Gasteiger partial charge in [-0.25, -0.2) is 18.9 Å². The van der Waals surface area contributed by atoms with Crippen LogP contribution in [0.15, 0.2) is 53.3 Å². The van der Waals surface area contributed by atoms with Gasteiger partial charge in [-0.3, -0.25) is 9.78 Å². The summed E-state index contributed by atoms with van der Waals surface area (Å²) in [7, 11) is 0. The normalized spacial score (nSPS) is 11.2. The van der Waals surface area contributed by atoms with Gasteiger partial charge in [-0.2, -0.15) is 4.98 Å². The van der Waals surface area contributed by atoms with Gasteiger partial charge in [0.15, 0.2) is 11.7 Å². The Morgan fingerprint density at radius 1 is 1.18 bits per heavy atom. The van der Waals surface area contributed by atoms with Crippen molar-refractivity contribution in [1.82, 2.24) is 29.5 Å². The van der Waals surface area contributed by atoms with E-state index in [0.29, 0.717) is 33.6 Å². The first-order chi connectivity index (χ1) is 15.9. The molecule has 5 rings (SSSR count). The molecule has 0 saturated heterocycles. The van der Waals surface area contributed by atoms with E-state index in [-0.39, 0.29) is 22.9 Å². The molecule has 1 N–H and O–H groups in total. The Morgan fingerprint density at radius 2 is 2.03 bits per heavy atom. The number of nitrogens with one attached hydrogen (secondary N) is 1. The summed E-state index contributed by atoms with van der Waals surface area (Å²) in [6.45, 7) is 3.32. The number of oxazole rings is 1. The molecule has 0 unspecified atom stereocenters. The Labute approximate surface area is 191 Å². The molecular weight excluding hydrogens is 449 g/mol. The number of hydrogen-bond acceptors (Lipinski definition) is 7. The van der Waals surface area contributed by atoms with Crippen molar-refractivity contribution < 1.29 is 13.6 Å². The molecule has 33 heavy (non-hydrogen) atoms. The predicted octanol–water partition coefficient (Wildman–Crippen LogP) is 4.50. The number of anilines is 1. The molecule has 0 radical (unpaired) electrons. The van der Waals surface area contributed by atoms with Gasteiger partial charge in [0.05, 0.1) is 22.0 Å². The Bertz CT molecular complexity index is 1530. The molecule has 4 heterocycles. The Hall–Kier alpha value is -4.18. The van der Waals surface area contributed by atoms with E-state index in [2.05, 4.69) is 30.4 Å². The minimum Gasteiger partial charge on any atom is -0.436 e. The minimum absolute atomic E-state index is 0.0918. The van der Waals surface area contributed by atoms with E-state index in [1.807, 2.05) is 0 Å². The number of carbonyl (C=O) groups is 1. The number of benzene rings is 1. The van der Waals surface area contributed by atoms with Crippen LogP contribution in [0.2, 0.25) is 5.02 Å². The first-order valence-electron chi connectivity index (χ1n) is 9.77. The van der Waals surface area contributed by atoms with Gasteiger partial charge in [-0.05, 0) is 37.3 Å². The van der Waals surface area contributed by atoms with Crippen LogP contribution in [-0.4, -0.2) is 35.5 Å². The molecule has 5 aromatic rings. The van der Waals surface area contributed by atoms with Crippen molar-refractivity contribution in [2.75, 3.05) is 5.32 Å². The summed E-state index contributed by atoms with van der Waals surface area (Å²) in [6.07, 6.45) is 4.84. The number of pyridine rings is 1. The van der Waals surface area contributed by atoms with E-state index in [1.165, 1.54) is 22.7 Å². The maximum absolute atomic E-state index is 14.6. The van der Waals surface area contributed by atoms with Crippen LogP contribution in [0.5, 0.6) is 0 Å². The van der Waals surface area contributed by atoms with Crippen LogP contribution < -0.4 is 5.32 Å². The lowest BCUT2D eigenvalue weighted by molar-refractivity contribution is 0.0994. The van der Waals surface area contributed by atoms with Gasteiger partial charge in [-0.15, -0.1) is 5.10 Å². The Morgan fingerprint density at radius 3 is 2.79 bits per heavy atom. The van der Waals surface area contributed by atoms with E-state index in [1.54, 1.807) is 44.6 Å². The first-order valence-corrected chi connectivity index (χ1v) is 10.2. The van der Waals surface area contributed by atoms with E-state index >= 15 is 0 Å². The third-order valence-electron chi connectivity index (χ3n) is 4.80. The average molecular weight is 464 g/mol. The fourth-order valence-corrected chi connectivity index (χ4v) is 3.55. The molecule has 0 aliphatic heterocycles. The monoisotopic (exact) mass is 463 g/mol. The lowest BCUT2D eigenvalue weighted by Crippen LogP contribution is -2.12. The van der Waals surface area contributed by atoms with Gasteiger partial charge in [0, 0.05) is 36.8 Å². The van der Waals surface area contributed by atoms with Crippen molar-refractivity contribution in [1.29, 1.82) is 0 Å². The largest absolute Gasteiger partial charge is 0.436 e. The molecule has 0 atom stereocenters. The standard InChI is InChI=1S/C22H15ClFN7O2/c1-11-19(33-12(2)27-11)21(32)28-14-5-6-17(24)15(8-14)20-29-22-26-9-13(10-31(22)30-20)18-16(23)4-3-7-25-18/h3-10H,1-2H3,(H,28,32). The molecule has 4 aromatic heterocycles. The third kappa shape index (κ3) is 3.92. The molecule has 1 amide bonds. The average Bonchev–Trinajstić information content (AvgIpc) is 3.37. The van der Waals surface area contributed by atoms with E-state index in [0.717, 1.165) is 0 Å². The van der Waals surface area contributed by atoms with Gasteiger partial charge < -0.3 is 9.73 Å². The molecular formula is C22H15ClFN7O2. The number of rotatable bonds is 4. The number of carbonyl (C=O) groups excluding carboxylic acids is 1. The van der Waals surface area contributed by atoms with Gasteiger partial charge in [0.1, 0.15) is 5.82 Å². The molecule has 0 bridgehead atoms. The van der Waals surface area contributed by atoms with Crippen molar-refractivity contribution in [2.45, 2.75) is 13.8 Å². The van der Waals surface area contributed by atoms with Crippen LogP contribution in [0.3, 0.4) is 0 Å². The maximum atomic E-state index is 14.6. The quantitative estimate of drug-likeness (QED) is 0.417. The molecule has 1 aromatic carbocycles. The molecule has 0 aliphatic carbocycles. The van der Waals surface area contributed by atoms with Crippen molar-refractivity contribution in [3.05, 3.63) is 77.1 Å². The highest BCUT2D eigenvalue weighted by molar-refractivity contribution is 6.33. The van der Waals surface area contributed by atoms with Crippen LogP contribution in [0.25, 0.3) is 28.4 Å². The van der Waals surface area contributed by atoms with Crippen molar-refractivity contribution in [3.63, 3.8) is 0 Å². The number of fused-ring (bicyclic) bond motifs is 1. The second-order valence-corrected chi connectivity index (χ2v) is 7.56. The van der Waals surface area contributed by atoms with Crippen LogP contribution in [0.4, 0.5) is 10.1 Å². The fraction of sp³-hybridized carbons (Fsp3) is 0.0909. The van der Waals surface area contributed by atoms with Crippen molar-refractivity contribution in [2.24, 2.45) is 0 Å². The van der Waals surface area contributed by atoms with E-state index in [4.69, 9.17) is 16.0 Å². The molecule has 0 aliphatic rings. The van der Waals surface area contributed by atoms with Gasteiger partial charge >= 0.3 is 0 Å². The van der Waals surface area contributed by atoms with E-state index < -0.39 is 11.7 Å². The van der Waals surface area contributed by atoms with Crippen LogP contribution in [-0.2, 0) is 0 Å². The summed E-state index contributed by atoms with van der Waals surface area (Å²) in [5.74, 6) is -0.204. The number of amides is 1. The molecule has 164 valence electrons. The SMILES string of the molecule is Cc1nc(C)c(C(=O)Nc2ccc(F)c(-c3nc4ncc(-c5ncccc5Cl)cn4n3)c2)o1. The summed E-state index contributed by atoms with van der Waals surface area (Å²) in [5.41, 5.74) is 2.08. The zero-order valence-electron chi connectivity index (χ0n) is 17.4. The minimum atomic E-state index is -0.552. The predicted molar refractivity (Wildman–Crippen MR) is 118 cm³/mol. The fourth-order valence-electron chi connectivity index (χ4n) is 3.32. The van der Waals surface area contributed by atoms with Gasteiger partial charge in [-0.1, -0.05) is 11.6 Å². The zero-order chi connectivity index (χ0) is 23.1. The molecule has 0 fully saturated rings. The maximum Gasteiger partial charge on any atom is 0.293 e. The summed E-state index contributed by atoms with van der Waals surface area (Å²) in [6, 6.07) is 7.55. The smallest absolute Gasteiger partial charge is 0.293 e. The number of nitrogens with zero attached hydrogens (tertiary/aromatic N) is 6.